The standard InChI is InChI=1S/C14H29N/c1-5-7-8-9-10-11-14(3,4)12-13-15-6-2/h5,15H,1,6-13H2,2-4H3. The summed E-state index contributed by atoms with van der Waals surface area (Å²) in [6.45, 7) is 12.9. The van der Waals surface area contributed by atoms with Gasteiger partial charge in [0.2, 0.25) is 0 Å². The van der Waals surface area contributed by atoms with Gasteiger partial charge in [0.1, 0.15) is 0 Å². The lowest BCUT2D eigenvalue weighted by molar-refractivity contribution is 0.291. The Hall–Kier alpha value is -0.300. The van der Waals surface area contributed by atoms with E-state index >= 15 is 0 Å². The smallest absolute Gasteiger partial charge is 0.00439 e. The summed E-state index contributed by atoms with van der Waals surface area (Å²) in [6.07, 6.45) is 9.89. The molecule has 1 N–H and O–H groups in total. The summed E-state index contributed by atoms with van der Waals surface area (Å²) in [5, 5.41) is 3.40. The maximum Gasteiger partial charge on any atom is -0.00439 e. The van der Waals surface area contributed by atoms with E-state index in [1.54, 1.807) is 0 Å². The second-order valence-electron chi connectivity index (χ2n) is 5.16. The van der Waals surface area contributed by atoms with Gasteiger partial charge in [-0.2, -0.15) is 0 Å². The van der Waals surface area contributed by atoms with Gasteiger partial charge in [-0.1, -0.05) is 39.7 Å². The molecule has 0 aliphatic rings. The Morgan fingerprint density at radius 1 is 1.13 bits per heavy atom. The Kier molecular flexibility index (Phi) is 8.79. The van der Waals surface area contributed by atoms with Gasteiger partial charge in [0.25, 0.3) is 0 Å². The van der Waals surface area contributed by atoms with Gasteiger partial charge in [0, 0.05) is 0 Å². The number of nitrogens with one attached hydrogen (secondary N) is 1. The highest BCUT2D eigenvalue weighted by Gasteiger charge is 2.16. The largest absolute Gasteiger partial charge is 0.317 e. The highest BCUT2D eigenvalue weighted by Crippen LogP contribution is 2.27. The topological polar surface area (TPSA) is 12.0 Å². The maximum absolute atomic E-state index is 3.75. The third kappa shape index (κ3) is 9.99. The van der Waals surface area contributed by atoms with Gasteiger partial charge in [-0.25, -0.2) is 0 Å². The monoisotopic (exact) mass is 211 g/mol. The highest BCUT2D eigenvalue weighted by molar-refractivity contribution is 4.71. The minimum absolute atomic E-state index is 0.510. The van der Waals surface area contributed by atoms with Crippen LogP contribution in [0.25, 0.3) is 0 Å². The van der Waals surface area contributed by atoms with Crippen LogP contribution in [-0.2, 0) is 0 Å². The summed E-state index contributed by atoms with van der Waals surface area (Å²) in [7, 11) is 0. The zero-order valence-electron chi connectivity index (χ0n) is 10.9. The second-order valence-corrected chi connectivity index (χ2v) is 5.16. The first-order chi connectivity index (χ1) is 7.12. The number of allylic oxidation sites excluding steroid dienone is 1. The molecular formula is C14H29N. The average Bonchev–Trinajstić information content (AvgIpc) is 2.17. The van der Waals surface area contributed by atoms with Gasteiger partial charge < -0.3 is 5.32 Å². The molecule has 0 rings (SSSR count). The van der Waals surface area contributed by atoms with Crippen molar-refractivity contribution in [2.24, 2.45) is 5.41 Å². The van der Waals surface area contributed by atoms with Crippen LogP contribution in [-0.4, -0.2) is 13.1 Å². The summed E-state index contributed by atoms with van der Waals surface area (Å²) in [5.41, 5.74) is 0.510. The summed E-state index contributed by atoms with van der Waals surface area (Å²) < 4.78 is 0. The Labute approximate surface area is 96.3 Å². The van der Waals surface area contributed by atoms with Gasteiger partial charge in [0.15, 0.2) is 0 Å². The quantitative estimate of drug-likeness (QED) is 0.423. The normalized spacial score (nSPS) is 11.7. The van der Waals surface area contributed by atoms with Crippen molar-refractivity contribution in [1.82, 2.24) is 5.32 Å². The van der Waals surface area contributed by atoms with E-state index in [0.717, 1.165) is 13.1 Å². The van der Waals surface area contributed by atoms with E-state index in [2.05, 4.69) is 32.7 Å². The van der Waals surface area contributed by atoms with Crippen molar-refractivity contribution in [3.8, 4) is 0 Å². The molecule has 1 nitrogen and oxygen atoms in total. The third-order valence-electron chi connectivity index (χ3n) is 2.99. The zero-order chi connectivity index (χ0) is 11.6. The van der Waals surface area contributed by atoms with Crippen LogP contribution in [0.4, 0.5) is 0 Å². The van der Waals surface area contributed by atoms with E-state index in [0.29, 0.717) is 5.41 Å². The van der Waals surface area contributed by atoms with Gasteiger partial charge >= 0.3 is 0 Å². The number of hydrogen-bond acceptors (Lipinski definition) is 1. The fourth-order valence-electron chi connectivity index (χ4n) is 1.80. The SMILES string of the molecule is C=CCCCCCC(C)(C)CCNCC. The molecule has 0 amide bonds. The molecule has 0 aromatic carbocycles. The van der Waals surface area contributed by atoms with E-state index in [9.17, 15) is 0 Å². The van der Waals surface area contributed by atoms with Gasteiger partial charge in [0.05, 0.1) is 0 Å². The molecule has 0 aromatic heterocycles. The molecule has 0 aliphatic carbocycles. The number of hydrogen-bond donors (Lipinski definition) is 1. The van der Waals surface area contributed by atoms with Gasteiger partial charge in [-0.15, -0.1) is 6.58 Å². The molecule has 15 heavy (non-hydrogen) atoms. The molecule has 0 unspecified atom stereocenters. The molecule has 0 radical (unpaired) electrons. The van der Waals surface area contributed by atoms with E-state index in [1.807, 2.05) is 6.08 Å². The predicted octanol–water partition coefficient (Wildman–Crippen LogP) is 4.15. The van der Waals surface area contributed by atoms with Crippen molar-refractivity contribution in [2.45, 2.75) is 59.3 Å². The average molecular weight is 211 g/mol. The van der Waals surface area contributed by atoms with Crippen LogP contribution in [0, 0.1) is 5.41 Å². The molecular weight excluding hydrogens is 182 g/mol. The van der Waals surface area contributed by atoms with Crippen molar-refractivity contribution in [2.75, 3.05) is 13.1 Å². The number of rotatable bonds is 10. The minimum Gasteiger partial charge on any atom is -0.317 e. The maximum atomic E-state index is 3.75. The van der Waals surface area contributed by atoms with Crippen LogP contribution in [0.3, 0.4) is 0 Å². The lowest BCUT2D eigenvalue weighted by Gasteiger charge is -2.24. The highest BCUT2D eigenvalue weighted by atomic mass is 14.8. The van der Waals surface area contributed by atoms with Gasteiger partial charge in [-0.3, -0.25) is 0 Å². The molecule has 0 bridgehead atoms. The van der Waals surface area contributed by atoms with Crippen molar-refractivity contribution in [3.63, 3.8) is 0 Å². The van der Waals surface area contributed by atoms with Crippen molar-refractivity contribution < 1.29 is 0 Å². The predicted molar refractivity (Wildman–Crippen MR) is 70.2 cm³/mol. The van der Waals surface area contributed by atoms with Crippen LogP contribution in [0.2, 0.25) is 0 Å². The van der Waals surface area contributed by atoms with E-state index in [4.69, 9.17) is 0 Å². The third-order valence-corrected chi connectivity index (χ3v) is 2.99. The van der Waals surface area contributed by atoms with E-state index in [-0.39, 0.29) is 0 Å². The Bertz CT molecular complexity index is 149. The molecule has 1 heteroatoms. The fraction of sp³-hybridized carbons (Fsp3) is 0.857. The first-order valence-electron chi connectivity index (χ1n) is 6.44. The van der Waals surface area contributed by atoms with E-state index in [1.165, 1.54) is 38.5 Å². The molecule has 90 valence electrons. The summed E-state index contributed by atoms with van der Waals surface area (Å²) >= 11 is 0. The Balaban J connectivity index is 3.41. The minimum atomic E-state index is 0.510. The van der Waals surface area contributed by atoms with Gasteiger partial charge in [-0.05, 0) is 44.2 Å². The van der Waals surface area contributed by atoms with Crippen LogP contribution in [0.1, 0.15) is 59.3 Å². The summed E-state index contributed by atoms with van der Waals surface area (Å²) in [4.78, 5) is 0. The van der Waals surface area contributed by atoms with Crippen LogP contribution >= 0.6 is 0 Å². The lowest BCUT2D eigenvalue weighted by atomic mass is 9.83. The molecule has 0 atom stereocenters. The number of unbranched alkanes of at least 4 members (excludes halogenated alkanes) is 3. The van der Waals surface area contributed by atoms with Crippen LogP contribution in [0.15, 0.2) is 12.7 Å². The molecule has 0 aromatic rings. The fourth-order valence-corrected chi connectivity index (χ4v) is 1.80. The first kappa shape index (κ1) is 14.7. The first-order valence-corrected chi connectivity index (χ1v) is 6.44. The second kappa shape index (κ2) is 8.96. The Morgan fingerprint density at radius 2 is 1.87 bits per heavy atom. The molecule has 0 heterocycles. The molecule has 0 fully saturated rings. The molecule has 0 spiro atoms. The van der Waals surface area contributed by atoms with Crippen molar-refractivity contribution in [1.29, 1.82) is 0 Å². The summed E-state index contributed by atoms with van der Waals surface area (Å²) in [6, 6.07) is 0. The van der Waals surface area contributed by atoms with Crippen LogP contribution in [0.5, 0.6) is 0 Å². The Morgan fingerprint density at radius 3 is 2.47 bits per heavy atom. The molecule has 0 saturated heterocycles. The zero-order valence-corrected chi connectivity index (χ0v) is 10.9. The lowest BCUT2D eigenvalue weighted by Crippen LogP contribution is -2.22. The van der Waals surface area contributed by atoms with Crippen molar-refractivity contribution in [3.05, 3.63) is 12.7 Å². The van der Waals surface area contributed by atoms with Crippen LogP contribution < -0.4 is 5.32 Å². The molecule has 0 aliphatic heterocycles. The van der Waals surface area contributed by atoms with Crippen molar-refractivity contribution >= 4 is 0 Å². The molecule has 0 saturated carbocycles. The summed E-state index contributed by atoms with van der Waals surface area (Å²) in [5.74, 6) is 0. The van der Waals surface area contributed by atoms with E-state index < -0.39 is 0 Å².